The minimum absolute atomic E-state index is 0.0373. The average molecular weight is 488 g/mol. The molecule has 0 fully saturated rings. The van der Waals surface area contributed by atoms with E-state index in [-0.39, 0.29) is 39.0 Å². The maximum absolute atomic E-state index is 12.9. The Morgan fingerprint density at radius 1 is 1.06 bits per heavy atom. The van der Waals surface area contributed by atoms with Gasteiger partial charge in [-0.15, -0.1) is 0 Å². The number of alkyl halides is 3. The summed E-state index contributed by atoms with van der Waals surface area (Å²) in [7, 11) is -9.47. The van der Waals surface area contributed by atoms with Crippen LogP contribution in [0.25, 0.3) is 28.2 Å². The van der Waals surface area contributed by atoms with E-state index in [0.717, 1.165) is 18.2 Å². The van der Waals surface area contributed by atoms with Gasteiger partial charge in [-0.25, -0.2) is 31.3 Å². The van der Waals surface area contributed by atoms with Crippen LogP contribution >= 0.6 is 0 Å². The highest BCUT2D eigenvalue weighted by atomic mass is 32.2. The predicted molar refractivity (Wildman–Crippen MR) is 106 cm³/mol. The van der Waals surface area contributed by atoms with Gasteiger partial charge in [-0.1, -0.05) is 6.92 Å². The highest BCUT2D eigenvalue weighted by Gasteiger charge is 2.47. The average Bonchev–Trinajstić information content (AvgIpc) is 3.27. The molecule has 0 aliphatic heterocycles. The number of rotatable bonds is 4. The summed E-state index contributed by atoms with van der Waals surface area (Å²) in [5.41, 5.74) is -4.51. The van der Waals surface area contributed by atoms with E-state index in [1.807, 2.05) is 0 Å². The van der Waals surface area contributed by atoms with Crippen molar-refractivity contribution in [3.63, 3.8) is 0 Å². The van der Waals surface area contributed by atoms with Crippen LogP contribution in [0.4, 0.5) is 13.2 Å². The van der Waals surface area contributed by atoms with Crippen molar-refractivity contribution in [2.45, 2.75) is 36.2 Å². The molecule has 3 heterocycles. The molecule has 3 aromatic heterocycles. The number of sulfone groups is 2. The third kappa shape index (κ3) is 3.33. The van der Waals surface area contributed by atoms with Crippen LogP contribution in [0.3, 0.4) is 0 Å². The third-order valence-electron chi connectivity index (χ3n) is 4.73. The Bertz CT molecular complexity index is 1600. The zero-order valence-electron chi connectivity index (χ0n) is 16.8. The second-order valence-corrected chi connectivity index (χ2v) is 11.1. The molecule has 0 radical (unpaired) electrons. The highest BCUT2D eigenvalue weighted by Crippen LogP contribution is 2.36. The largest absolute Gasteiger partial charge is 0.501 e. The molecule has 9 nitrogen and oxygen atoms in total. The van der Waals surface area contributed by atoms with Crippen molar-refractivity contribution in [3.8, 4) is 11.5 Å². The van der Waals surface area contributed by atoms with E-state index in [0.29, 0.717) is 11.4 Å². The molecule has 4 aromatic rings. The lowest BCUT2D eigenvalue weighted by Crippen LogP contribution is -2.23. The lowest BCUT2D eigenvalue weighted by atomic mass is 10.3. The number of hydrogen-bond acceptors (Lipinski definition) is 8. The fraction of sp³-hybridized carbons (Fsp3) is 0.278. The molecule has 32 heavy (non-hydrogen) atoms. The third-order valence-corrected chi connectivity index (χ3v) is 7.84. The van der Waals surface area contributed by atoms with E-state index in [9.17, 15) is 30.0 Å². The summed E-state index contributed by atoms with van der Waals surface area (Å²) in [6, 6.07) is 4.17. The van der Waals surface area contributed by atoms with Crippen molar-refractivity contribution < 1.29 is 34.4 Å². The zero-order chi connectivity index (χ0) is 23.6. The maximum atomic E-state index is 12.9. The van der Waals surface area contributed by atoms with Crippen molar-refractivity contribution in [2.24, 2.45) is 0 Å². The number of aromatic nitrogens is 4. The molecule has 0 saturated carbocycles. The minimum Gasteiger partial charge on any atom is -0.436 e. The molecular weight excluding hydrogens is 473 g/mol. The van der Waals surface area contributed by atoms with Gasteiger partial charge in [-0.05, 0) is 38.1 Å². The number of oxazole rings is 1. The summed E-state index contributed by atoms with van der Waals surface area (Å²) in [5.74, 6) is -0.545. The van der Waals surface area contributed by atoms with Gasteiger partial charge in [0.1, 0.15) is 11.1 Å². The summed E-state index contributed by atoms with van der Waals surface area (Å²) in [6.45, 7) is 4.81. The quantitative estimate of drug-likeness (QED) is 0.429. The predicted octanol–water partition coefficient (Wildman–Crippen LogP) is 3.24. The van der Waals surface area contributed by atoms with Crippen LogP contribution in [0, 0.1) is 13.8 Å². The summed E-state index contributed by atoms with van der Waals surface area (Å²) in [6.07, 6.45) is 0. The number of fused-ring (bicyclic) bond motifs is 2. The van der Waals surface area contributed by atoms with Crippen LogP contribution < -0.4 is 0 Å². The van der Waals surface area contributed by atoms with Gasteiger partial charge in [0.25, 0.3) is 9.84 Å². The van der Waals surface area contributed by atoms with Gasteiger partial charge in [0.2, 0.25) is 5.89 Å². The number of hydrogen-bond donors (Lipinski definition) is 0. The standard InChI is InChI=1S/C18H15F3N4O5S2/c1-4-31(26,27)17-14(15-22-9(2)7-10(3)25(15)24-17)16-23-12-8-11(5-6-13(12)30-16)32(28,29)18(19,20)21/h5-8H,4H2,1-3H3. The van der Waals surface area contributed by atoms with Crippen LogP contribution in [-0.4, -0.2) is 47.7 Å². The molecule has 0 unspecified atom stereocenters. The molecule has 0 aliphatic rings. The topological polar surface area (TPSA) is 124 Å². The van der Waals surface area contributed by atoms with E-state index >= 15 is 0 Å². The second kappa shape index (κ2) is 7.00. The van der Waals surface area contributed by atoms with Gasteiger partial charge in [0.15, 0.2) is 26.1 Å². The number of benzene rings is 1. The molecule has 0 N–H and O–H groups in total. The number of aryl methyl sites for hydroxylation is 2. The molecule has 0 aliphatic carbocycles. The normalized spacial score (nSPS) is 13.3. The first-order valence-electron chi connectivity index (χ1n) is 9.08. The molecule has 0 bridgehead atoms. The Balaban J connectivity index is 2.02. The number of nitrogens with zero attached hydrogens (tertiary/aromatic N) is 4. The van der Waals surface area contributed by atoms with Gasteiger partial charge >= 0.3 is 5.51 Å². The Kier molecular flexibility index (Phi) is 4.86. The lowest BCUT2D eigenvalue weighted by molar-refractivity contribution is -0.0435. The van der Waals surface area contributed by atoms with Gasteiger partial charge in [0, 0.05) is 11.4 Å². The van der Waals surface area contributed by atoms with E-state index in [1.54, 1.807) is 19.9 Å². The molecule has 170 valence electrons. The molecule has 1 aromatic carbocycles. The minimum atomic E-state index is -5.60. The van der Waals surface area contributed by atoms with E-state index in [4.69, 9.17) is 4.42 Å². The van der Waals surface area contributed by atoms with Crippen molar-refractivity contribution in [3.05, 3.63) is 35.7 Å². The SMILES string of the molecule is CCS(=O)(=O)c1nn2c(C)cc(C)nc2c1-c1nc2cc(S(=O)(=O)C(F)(F)F)ccc2o1. The fourth-order valence-corrected chi connectivity index (χ4v) is 4.91. The van der Waals surface area contributed by atoms with Gasteiger partial charge in [-0.3, -0.25) is 0 Å². The summed E-state index contributed by atoms with van der Waals surface area (Å²) in [5, 5.41) is 3.80. The van der Waals surface area contributed by atoms with Crippen LogP contribution in [0.15, 0.2) is 38.6 Å². The summed E-state index contributed by atoms with van der Waals surface area (Å²) >= 11 is 0. The van der Waals surface area contributed by atoms with E-state index in [1.165, 1.54) is 11.4 Å². The van der Waals surface area contributed by atoms with Gasteiger partial charge in [0.05, 0.1) is 10.6 Å². The Morgan fingerprint density at radius 2 is 1.75 bits per heavy atom. The monoisotopic (exact) mass is 488 g/mol. The van der Waals surface area contributed by atoms with Gasteiger partial charge in [-0.2, -0.15) is 18.3 Å². The maximum Gasteiger partial charge on any atom is 0.501 e. The highest BCUT2D eigenvalue weighted by molar-refractivity contribution is 7.92. The van der Waals surface area contributed by atoms with Crippen LogP contribution in [0.5, 0.6) is 0 Å². The lowest BCUT2D eigenvalue weighted by Gasteiger charge is -2.07. The molecule has 0 spiro atoms. The summed E-state index contributed by atoms with van der Waals surface area (Å²) in [4.78, 5) is 7.39. The smallest absolute Gasteiger partial charge is 0.436 e. The van der Waals surface area contributed by atoms with Crippen molar-refractivity contribution in [1.82, 2.24) is 19.6 Å². The van der Waals surface area contributed by atoms with Gasteiger partial charge < -0.3 is 4.42 Å². The molecule has 0 saturated heterocycles. The Morgan fingerprint density at radius 3 is 2.38 bits per heavy atom. The van der Waals surface area contributed by atoms with Crippen molar-refractivity contribution >= 4 is 36.4 Å². The van der Waals surface area contributed by atoms with Crippen LogP contribution in [0.2, 0.25) is 0 Å². The first-order valence-corrected chi connectivity index (χ1v) is 12.2. The number of halogens is 3. The Hall–Kier alpha value is -3.00. The molecule has 4 rings (SSSR count). The van der Waals surface area contributed by atoms with Crippen molar-refractivity contribution in [2.75, 3.05) is 5.75 Å². The molecular formula is C18H15F3N4O5S2. The molecule has 14 heteroatoms. The van der Waals surface area contributed by atoms with Crippen molar-refractivity contribution in [1.29, 1.82) is 0 Å². The van der Waals surface area contributed by atoms with Crippen LogP contribution in [0.1, 0.15) is 18.3 Å². The zero-order valence-corrected chi connectivity index (χ0v) is 18.4. The van der Waals surface area contributed by atoms with E-state index in [2.05, 4.69) is 15.1 Å². The molecule has 0 atom stereocenters. The second-order valence-electron chi connectivity index (χ2n) is 6.96. The first kappa shape index (κ1) is 22.2. The van der Waals surface area contributed by atoms with Crippen LogP contribution in [-0.2, 0) is 19.7 Å². The Labute approximate surface area is 179 Å². The van der Waals surface area contributed by atoms with E-state index < -0.39 is 30.1 Å². The first-order chi connectivity index (χ1) is 14.8. The molecule has 0 amide bonds. The fourth-order valence-electron chi connectivity index (χ4n) is 3.16. The summed E-state index contributed by atoms with van der Waals surface area (Å²) < 4.78 is 94.4.